The third kappa shape index (κ3) is 6.13. The van der Waals surface area contributed by atoms with Gasteiger partial charge in [-0.3, -0.25) is 9.59 Å². The second-order valence-corrected chi connectivity index (χ2v) is 6.62. The maximum atomic E-state index is 12.9. The molecule has 2 aromatic carbocycles. The zero-order chi connectivity index (χ0) is 19.1. The molecule has 1 atom stereocenters. The summed E-state index contributed by atoms with van der Waals surface area (Å²) in [5.41, 5.74) is 1.39. The lowest BCUT2D eigenvalue weighted by molar-refractivity contribution is -0.862. The molecule has 7 heteroatoms. The Morgan fingerprint density at radius 3 is 2.42 bits per heavy atom. The predicted molar refractivity (Wildman–Crippen MR) is 99.6 cm³/mol. The van der Waals surface area contributed by atoms with Crippen molar-refractivity contribution < 1.29 is 18.9 Å². The zero-order valence-corrected chi connectivity index (χ0v) is 15.5. The summed E-state index contributed by atoms with van der Waals surface area (Å²) >= 11 is 6.01. The fourth-order valence-electron chi connectivity index (χ4n) is 2.44. The number of amides is 2. The second kappa shape index (κ2) is 9.31. The highest BCUT2D eigenvalue weighted by molar-refractivity contribution is 6.33. The minimum absolute atomic E-state index is 0.0997. The SMILES string of the molecule is CN(Cc1ccc(F)cc1)C(=O)C[NH+](C)CC(=O)Nc1ccccc1Cl. The van der Waals surface area contributed by atoms with Gasteiger partial charge in [0.1, 0.15) is 5.82 Å². The number of nitrogens with zero attached hydrogens (tertiary/aromatic N) is 1. The van der Waals surface area contributed by atoms with E-state index in [1.165, 1.54) is 12.1 Å². The van der Waals surface area contributed by atoms with Crippen LogP contribution in [0.3, 0.4) is 0 Å². The molecular weight excluding hydrogens is 357 g/mol. The quantitative estimate of drug-likeness (QED) is 0.768. The van der Waals surface area contributed by atoms with Gasteiger partial charge in [-0.2, -0.15) is 0 Å². The first-order valence-corrected chi connectivity index (χ1v) is 8.57. The molecule has 0 spiro atoms. The predicted octanol–water partition coefficient (Wildman–Crippen LogP) is 1.59. The first-order chi connectivity index (χ1) is 12.3. The normalized spacial score (nSPS) is 11.7. The number of hydrogen-bond donors (Lipinski definition) is 2. The first-order valence-electron chi connectivity index (χ1n) is 8.19. The topological polar surface area (TPSA) is 53.9 Å². The minimum Gasteiger partial charge on any atom is -0.337 e. The molecule has 0 radical (unpaired) electrons. The standard InChI is InChI=1S/C19H21ClFN3O2/c1-23(12-18(25)22-17-6-4-3-5-16(17)20)13-19(26)24(2)11-14-7-9-15(21)10-8-14/h3-10H,11-13H2,1-2H3,(H,22,25)/p+1. The molecule has 2 amide bonds. The maximum absolute atomic E-state index is 12.9. The van der Waals surface area contributed by atoms with E-state index in [1.54, 1.807) is 55.4 Å². The second-order valence-electron chi connectivity index (χ2n) is 6.21. The van der Waals surface area contributed by atoms with Crippen molar-refractivity contribution in [3.8, 4) is 0 Å². The molecule has 2 aromatic rings. The van der Waals surface area contributed by atoms with E-state index in [9.17, 15) is 14.0 Å². The summed E-state index contributed by atoms with van der Waals surface area (Å²) in [6.45, 7) is 0.702. The Morgan fingerprint density at radius 1 is 1.12 bits per heavy atom. The number of hydrogen-bond acceptors (Lipinski definition) is 2. The van der Waals surface area contributed by atoms with Crippen LogP contribution in [-0.2, 0) is 16.1 Å². The fraction of sp³-hybridized carbons (Fsp3) is 0.263. The highest BCUT2D eigenvalue weighted by Gasteiger charge is 2.18. The van der Waals surface area contributed by atoms with Crippen molar-refractivity contribution in [3.63, 3.8) is 0 Å². The van der Waals surface area contributed by atoms with Crippen molar-refractivity contribution in [3.05, 3.63) is 64.9 Å². The average molecular weight is 379 g/mol. The molecule has 0 bridgehead atoms. The third-order valence-electron chi connectivity index (χ3n) is 3.82. The zero-order valence-electron chi connectivity index (χ0n) is 14.8. The van der Waals surface area contributed by atoms with Gasteiger partial charge >= 0.3 is 0 Å². The summed E-state index contributed by atoms with van der Waals surface area (Å²) in [4.78, 5) is 26.7. The molecule has 1 unspecified atom stereocenters. The van der Waals surface area contributed by atoms with Gasteiger partial charge in [-0.05, 0) is 29.8 Å². The van der Waals surface area contributed by atoms with Gasteiger partial charge in [0.15, 0.2) is 13.1 Å². The van der Waals surface area contributed by atoms with E-state index in [0.717, 1.165) is 10.5 Å². The van der Waals surface area contributed by atoms with Crippen LogP contribution in [0.15, 0.2) is 48.5 Å². The number of carbonyl (C=O) groups is 2. The highest BCUT2D eigenvalue weighted by Crippen LogP contribution is 2.19. The van der Waals surface area contributed by atoms with Crippen molar-refractivity contribution in [1.29, 1.82) is 0 Å². The lowest BCUT2D eigenvalue weighted by Crippen LogP contribution is -3.11. The van der Waals surface area contributed by atoms with Crippen molar-refractivity contribution >= 4 is 29.1 Å². The first kappa shape index (κ1) is 19.9. The number of nitrogens with one attached hydrogen (secondary N) is 2. The Labute approximate surface area is 157 Å². The number of carbonyl (C=O) groups excluding carboxylic acids is 2. The van der Waals surface area contributed by atoms with Gasteiger partial charge in [0, 0.05) is 13.6 Å². The molecule has 0 fully saturated rings. The maximum Gasteiger partial charge on any atom is 0.279 e. The molecule has 0 aliphatic heterocycles. The summed E-state index contributed by atoms with van der Waals surface area (Å²) < 4.78 is 12.9. The summed E-state index contributed by atoms with van der Waals surface area (Å²) in [5.74, 6) is -0.626. The van der Waals surface area contributed by atoms with Crippen LogP contribution in [0.4, 0.5) is 10.1 Å². The van der Waals surface area contributed by atoms with Crippen LogP contribution in [0.2, 0.25) is 5.02 Å². The van der Waals surface area contributed by atoms with Gasteiger partial charge in [-0.15, -0.1) is 0 Å². The van der Waals surface area contributed by atoms with Crippen LogP contribution in [-0.4, -0.2) is 43.9 Å². The molecule has 0 aromatic heterocycles. The summed E-state index contributed by atoms with van der Waals surface area (Å²) in [5, 5.41) is 3.20. The number of halogens is 2. The average Bonchev–Trinajstić information content (AvgIpc) is 2.58. The molecule has 26 heavy (non-hydrogen) atoms. The number of para-hydroxylation sites is 1. The molecular formula is C19H22ClFN3O2+. The van der Waals surface area contributed by atoms with Gasteiger partial charge in [-0.1, -0.05) is 35.9 Å². The van der Waals surface area contributed by atoms with Crippen molar-refractivity contribution in [2.45, 2.75) is 6.54 Å². The van der Waals surface area contributed by atoms with Crippen LogP contribution in [0.1, 0.15) is 5.56 Å². The smallest absolute Gasteiger partial charge is 0.279 e. The molecule has 138 valence electrons. The Kier molecular flexibility index (Phi) is 7.12. The van der Waals surface area contributed by atoms with E-state index < -0.39 is 0 Å². The van der Waals surface area contributed by atoms with Gasteiger partial charge in [0.25, 0.3) is 11.8 Å². The molecule has 0 saturated carbocycles. The Hall–Kier alpha value is -2.44. The van der Waals surface area contributed by atoms with E-state index in [4.69, 9.17) is 11.6 Å². The van der Waals surface area contributed by atoms with E-state index in [0.29, 0.717) is 17.3 Å². The van der Waals surface area contributed by atoms with Crippen molar-refractivity contribution in [1.82, 2.24) is 4.90 Å². The van der Waals surface area contributed by atoms with Gasteiger partial charge in [0.05, 0.1) is 17.8 Å². The number of quaternary nitrogens is 1. The van der Waals surface area contributed by atoms with E-state index in [-0.39, 0.29) is 30.7 Å². The van der Waals surface area contributed by atoms with Crippen LogP contribution < -0.4 is 10.2 Å². The fourth-order valence-corrected chi connectivity index (χ4v) is 2.62. The molecule has 0 heterocycles. The Bertz CT molecular complexity index is 768. The molecule has 5 nitrogen and oxygen atoms in total. The van der Waals surface area contributed by atoms with E-state index >= 15 is 0 Å². The Morgan fingerprint density at radius 2 is 1.77 bits per heavy atom. The van der Waals surface area contributed by atoms with Crippen molar-refractivity contribution in [2.24, 2.45) is 0 Å². The molecule has 2 N–H and O–H groups in total. The highest BCUT2D eigenvalue weighted by atomic mass is 35.5. The monoisotopic (exact) mass is 378 g/mol. The third-order valence-corrected chi connectivity index (χ3v) is 4.15. The van der Waals surface area contributed by atoms with E-state index in [2.05, 4.69) is 5.32 Å². The number of benzene rings is 2. The van der Waals surface area contributed by atoms with Gasteiger partial charge < -0.3 is 15.1 Å². The lowest BCUT2D eigenvalue weighted by Gasteiger charge is -2.20. The number of likely N-dealkylation sites (N-methyl/N-ethyl adjacent to an activating group) is 2. The van der Waals surface area contributed by atoms with Gasteiger partial charge in [0.2, 0.25) is 0 Å². The largest absolute Gasteiger partial charge is 0.337 e. The molecule has 0 aliphatic rings. The molecule has 0 saturated heterocycles. The van der Waals surface area contributed by atoms with Gasteiger partial charge in [-0.25, -0.2) is 4.39 Å². The summed E-state index contributed by atoms with van der Waals surface area (Å²) in [7, 11) is 3.46. The Balaban J connectivity index is 1.81. The molecule has 2 rings (SSSR count). The van der Waals surface area contributed by atoms with Crippen LogP contribution >= 0.6 is 11.6 Å². The van der Waals surface area contributed by atoms with Crippen LogP contribution in [0.5, 0.6) is 0 Å². The van der Waals surface area contributed by atoms with E-state index in [1.807, 2.05) is 0 Å². The van der Waals surface area contributed by atoms with Crippen LogP contribution in [0.25, 0.3) is 0 Å². The summed E-state index contributed by atoms with van der Waals surface area (Å²) in [6, 6.07) is 13.0. The number of anilines is 1. The summed E-state index contributed by atoms with van der Waals surface area (Å²) in [6.07, 6.45) is 0. The molecule has 0 aliphatic carbocycles. The lowest BCUT2D eigenvalue weighted by atomic mass is 10.2. The minimum atomic E-state index is -0.309. The van der Waals surface area contributed by atoms with Crippen molar-refractivity contribution in [2.75, 3.05) is 32.5 Å². The van der Waals surface area contributed by atoms with Crippen LogP contribution in [0, 0.1) is 5.82 Å². The number of rotatable bonds is 7.